The van der Waals surface area contributed by atoms with Gasteiger partial charge < -0.3 is 15.6 Å². The molecule has 0 aliphatic rings. The third-order valence-corrected chi connectivity index (χ3v) is 6.35. The second-order valence-electron chi connectivity index (χ2n) is 9.16. The van der Waals surface area contributed by atoms with E-state index in [9.17, 15) is 9.59 Å². The van der Waals surface area contributed by atoms with Gasteiger partial charge in [0.05, 0.1) is 29.0 Å². The lowest BCUT2D eigenvalue weighted by atomic mass is 10.1. The van der Waals surface area contributed by atoms with Crippen molar-refractivity contribution in [1.29, 1.82) is 0 Å². The van der Waals surface area contributed by atoms with Crippen molar-refractivity contribution in [3.8, 4) is 17.5 Å². The molecule has 0 fully saturated rings. The van der Waals surface area contributed by atoms with E-state index in [4.69, 9.17) is 10.7 Å². The summed E-state index contributed by atoms with van der Waals surface area (Å²) in [6, 6.07) is 15.5. The third kappa shape index (κ3) is 4.33. The molecule has 0 spiro atoms. The summed E-state index contributed by atoms with van der Waals surface area (Å²) < 4.78 is 4.74. The maximum absolute atomic E-state index is 14.1. The fourth-order valence-electron chi connectivity index (χ4n) is 4.53. The Morgan fingerprint density at radius 1 is 1.05 bits per heavy atom. The molecule has 196 valence electrons. The number of hydrogen-bond donors (Lipinski definition) is 2. The molecule has 0 bridgehead atoms. The summed E-state index contributed by atoms with van der Waals surface area (Å²) in [5.74, 6) is 6.01. The summed E-state index contributed by atoms with van der Waals surface area (Å²) in [5.41, 5.74) is 8.39. The number of aryl methyl sites for hydroxylation is 1. The van der Waals surface area contributed by atoms with Crippen LogP contribution in [0, 0.1) is 11.8 Å². The number of imidazole rings is 1. The van der Waals surface area contributed by atoms with E-state index < -0.39 is 11.9 Å². The van der Waals surface area contributed by atoms with Gasteiger partial charge in [-0.25, -0.2) is 19.5 Å². The second-order valence-corrected chi connectivity index (χ2v) is 9.16. The van der Waals surface area contributed by atoms with Crippen LogP contribution in [0.25, 0.3) is 22.2 Å². The number of rotatable bonds is 4. The van der Waals surface area contributed by atoms with Crippen LogP contribution in [-0.4, -0.2) is 39.6 Å². The highest BCUT2D eigenvalue weighted by Gasteiger charge is 2.24. The first-order valence-corrected chi connectivity index (χ1v) is 12.4. The number of benzene rings is 2. The summed E-state index contributed by atoms with van der Waals surface area (Å²) in [6.07, 6.45) is 6.68. The van der Waals surface area contributed by atoms with Gasteiger partial charge in [-0.2, -0.15) is 0 Å². The minimum atomic E-state index is -0.689. The molecule has 6 aromatic rings. The molecule has 0 saturated heterocycles. The zero-order valence-corrected chi connectivity index (χ0v) is 21.6. The molecule has 4 aromatic heterocycles. The van der Waals surface area contributed by atoms with Crippen LogP contribution in [0.15, 0.2) is 84.3 Å². The lowest BCUT2D eigenvalue weighted by Gasteiger charge is -2.20. The van der Waals surface area contributed by atoms with E-state index in [0.717, 1.165) is 0 Å². The molecule has 1 unspecified atom stereocenters. The molecular weight excluding hydrogens is 506 g/mol. The Labute approximate surface area is 227 Å². The number of fused-ring (bicyclic) bond motifs is 2. The molecule has 2 aromatic carbocycles. The first kappa shape index (κ1) is 24.6. The maximum atomic E-state index is 14.1. The first-order chi connectivity index (χ1) is 19.4. The van der Waals surface area contributed by atoms with Crippen molar-refractivity contribution >= 4 is 28.3 Å². The molecule has 0 aliphatic heterocycles. The van der Waals surface area contributed by atoms with Crippen molar-refractivity contribution in [3.05, 3.63) is 113 Å². The molecule has 11 nitrogen and oxygen atoms in total. The number of carbonyl (C=O) groups excluding carboxylic acids is 1. The fraction of sp³-hybridized carbons (Fsp3) is 0.103. The van der Waals surface area contributed by atoms with Crippen LogP contribution in [0.4, 0.5) is 5.82 Å². The zero-order valence-electron chi connectivity index (χ0n) is 21.6. The Morgan fingerprint density at radius 3 is 2.65 bits per heavy atom. The van der Waals surface area contributed by atoms with Gasteiger partial charge in [0.15, 0.2) is 11.5 Å². The molecule has 40 heavy (non-hydrogen) atoms. The number of para-hydroxylation sites is 1. The van der Waals surface area contributed by atoms with Crippen LogP contribution >= 0.6 is 0 Å². The standard InChI is InChI=1S/C29H23N9O2/c1-18(33-28(39)24-25(30)35-37-15-7-14-31-27(24)37)26-34-22-11-6-8-19(12-13-20-16-36(2)17-32-20)23(22)29(40)38(26)21-9-4-3-5-10-21/h3-11,14-18H,1-2H3,(H2,30,35)(H,33,39). The third-order valence-electron chi connectivity index (χ3n) is 6.35. The summed E-state index contributed by atoms with van der Waals surface area (Å²) in [4.78, 5) is 40.8. The van der Waals surface area contributed by atoms with Gasteiger partial charge in [-0.05, 0) is 43.2 Å². The predicted molar refractivity (Wildman–Crippen MR) is 150 cm³/mol. The van der Waals surface area contributed by atoms with Crippen LogP contribution in [0.2, 0.25) is 0 Å². The Hall–Kier alpha value is -5.76. The average molecular weight is 530 g/mol. The van der Waals surface area contributed by atoms with Crippen molar-refractivity contribution < 1.29 is 4.79 Å². The lowest BCUT2D eigenvalue weighted by Crippen LogP contribution is -2.33. The smallest absolute Gasteiger partial charge is 0.267 e. The molecule has 6 rings (SSSR count). The van der Waals surface area contributed by atoms with Crippen molar-refractivity contribution in [1.82, 2.24) is 39.0 Å². The minimum Gasteiger partial charge on any atom is -0.381 e. The van der Waals surface area contributed by atoms with E-state index in [1.54, 1.807) is 60.7 Å². The maximum Gasteiger partial charge on any atom is 0.267 e. The van der Waals surface area contributed by atoms with Crippen molar-refractivity contribution in [2.24, 2.45) is 7.05 Å². The van der Waals surface area contributed by atoms with E-state index in [1.165, 1.54) is 9.08 Å². The first-order valence-electron chi connectivity index (χ1n) is 12.4. The number of anilines is 1. The number of nitrogens with one attached hydrogen (secondary N) is 1. The van der Waals surface area contributed by atoms with Crippen LogP contribution in [0.5, 0.6) is 0 Å². The molecular formula is C29H23N9O2. The molecule has 11 heteroatoms. The van der Waals surface area contributed by atoms with Crippen LogP contribution in [-0.2, 0) is 7.05 Å². The van der Waals surface area contributed by atoms with Gasteiger partial charge in [-0.15, -0.1) is 5.10 Å². The van der Waals surface area contributed by atoms with Crippen molar-refractivity contribution in [3.63, 3.8) is 0 Å². The topological polar surface area (TPSA) is 138 Å². The van der Waals surface area contributed by atoms with Gasteiger partial charge >= 0.3 is 0 Å². The lowest BCUT2D eigenvalue weighted by molar-refractivity contribution is 0.0940. The molecule has 3 N–H and O–H groups in total. The summed E-state index contributed by atoms with van der Waals surface area (Å²) in [5, 5.41) is 7.46. The molecule has 0 aliphatic carbocycles. The highest BCUT2D eigenvalue weighted by atomic mass is 16.2. The van der Waals surface area contributed by atoms with Crippen molar-refractivity contribution in [2.75, 3.05) is 5.73 Å². The van der Waals surface area contributed by atoms with Crippen molar-refractivity contribution in [2.45, 2.75) is 13.0 Å². The van der Waals surface area contributed by atoms with E-state index in [1.807, 2.05) is 37.4 Å². The van der Waals surface area contributed by atoms with Crippen LogP contribution < -0.4 is 16.6 Å². The minimum absolute atomic E-state index is 0.0476. The number of amides is 1. The highest BCUT2D eigenvalue weighted by molar-refractivity contribution is 6.04. The Kier molecular flexibility index (Phi) is 6.05. The largest absolute Gasteiger partial charge is 0.381 e. The number of aromatic nitrogens is 7. The van der Waals surface area contributed by atoms with Gasteiger partial charge in [0.25, 0.3) is 11.5 Å². The number of hydrogen-bond acceptors (Lipinski definition) is 7. The monoisotopic (exact) mass is 529 g/mol. The summed E-state index contributed by atoms with van der Waals surface area (Å²) >= 11 is 0. The predicted octanol–water partition coefficient (Wildman–Crippen LogP) is 2.63. The molecule has 4 heterocycles. The van der Waals surface area contributed by atoms with E-state index >= 15 is 0 Å². The SMILES string of the molecule is CC(NC(=O)c1c(N)nn2cccnc12)c1nc2cccc(C#Cc3cn(C)cn3)c2c(=O)n1-c1ccccc1. The quantitative estimate of drug-likeness (QED) is 0.335. The average Bonchev–Trinajstić information content (AvgIpc) is 3.53. The zero-order chi connectivity index (χ0) is 27.8. The van der Waals surface area contributed by atoms with Gasteiger partial charge in [-0.1, -0.05) is 30.2 Å². The second kappa shape index (κ2) is 9.85. The number of nitrogens with two attached hydrogens (primary N) is 1. The molecule has 0 saturated carbocycles. The van der Waals surface area contributed by atoms with E-state index in [-0.39, 0.29) is 16.9 Å². The Balaban J connectivity index is 1.48. The molecule has 1 atom stereocenters. The highest BCUT2D eigenvalue weighted by Crippen LogP contribution is 2.22. The van der Waals surface area contributed by atoms with Gasteiger partial charge in [-0.3, -0.25) is 14.2 Å². The normalized spacial score (nSPS) is 11.8. The van der Waals surface area contributed by atoms with Gasteiger partial charge in [0, 0.05) is 31.2 Å². The van der Waals surface area contributed by atoms with E-state index in [2.05, 4.69) is 32.2 Å². The molecule has 0 radical (unpaired) electrons. The van der Waals surface area contributed by atoms with E-state index in [0.29, 0.717) is 39.3 Å². The van der Waals surface area contributed by atoms with Gasteiger partial charge in [0.2, 0.25) is 0 Å². The van der Waals surface area contributed by atoms with Gasteiger partial charge in [0.1, 0.15) is 17.1 Å². The summed E-state index contributed by atoms with van der Waals surface area (Å²) in [6.45, 7) is 1.75. The summed E-state index contributed by atoms with van der Waals surface area (Å²) in [7, 11) is 1.86. The number of nitrogen functional groups attached to an aromatic ring is 1. The Bertz CT molecular complexity index is 2030. The van der Waals surface area contributed by atoms with Crippen LogP contribution in [0.1, 0.15) is 40.4 Å². The number of nitrogens with zero attached hydrogens (tertiary/aromatic N) is 7. The molecule has 1 amide bonds. The number of carbonyl (C=O) groups is 1. The van der Waals surface area contributed by atoms with Crippen LogP contribution in [0.3, 0.4) is 0 Å². The fourth-order valence-corrected chi connectivity index (χ4v) is 4.53. The Morgan fingerprint density at radius 2 is 1.88 bits per heavy atom.